The predicted octanol–water partition coefficient (Wildman–Crippen LogP) is 8.61. The SMILES string of the molecule is C\C=C1/C(=C\C=C\N(Cc2ncccc2C)C(=O)CC(C)c2ccccc2)CCCC1SNc1ccccc1. The van der Waals surface area contributed by atoms with Crippen LogP contribution in [-0.2, 0) is 11.3 Å². The summed E-state index contributed by atoms with van der Waals surface area (Å²) in [5.41, 5.74) is 7.02. The smallest absolute Gasteiger partial charge is 0.227 e. The zero-order valence-electron chi connectivity index (χ0n) is 23.2. The zero-order valence-corrected chi connectivity index (χ0v) is 24.0. The predicted molar refractivity (Wildman–Crippen MR) is 165 cm³/mol. The van der Waals surface area contributed by atoms with Crippen LogP contribution in [0.1, 0.15) is 62.3 Å². The largest absolute Gasteiger partial charge is 0.329 e. The number of nitrogens with one attached hydrogen (secondary N) is 1. The number of benzene rings is 2. The Morgan fingerprint density at radius 1 is 1.10 bits per heavy atom. The van der Waals surface area contributed by atoms with Gasteiger partial charge in [-0.1, -0.05) is 73.7 Å². The number of aromatic nitrogens is 1. The topological polar surface area (TPSA) is 45.2 Å². The average molecular weight is 538 g/mol. The Bertz CT molecular complexity index is 1300. The number of para-hydroxylation sites is 1. The fraction of sp³-hybridized carbons (Fsp3) is 0.294. The Hall–Kier alpha value is -3.57. The van der Waals surface area contributed by atoms with Crippen molar-refractivity contribution in [2.75, 3.05) is 4.72 Å². The summed E-state index contributed by atoms with van der Waals surface area (Å²) in [6, 6.07) is 24.6. The molecule has 1 saturated carbocycles. The van der Waals surface area contributed by atoms with E-state index in [4.69, 9.17) is 0 Å². The summed E-state index contributed by atoms with van der Waals surface area (Å²) >= 11 is 1.78. The van der Waals surface area contributed by atoms with Crippen LogP contribution in [0.2, 0.25) is 0 Å². The van der Waals surface area contributed by atoms with E-state index in [1.165, 1.54) is 16.7 Å². The third-order valence-electron chi connectivity index (χ3n) is 7.21. The highest BCUT2D eigenvalue weighted by molar-refractivity contribution is 8.01. The van der Waals surface area contributed by atoms with Gasteiger partial charge in [0.2, 0.25) is 5.91 Å². The second-order valence-corrected chi connectivity index (χ2v) is 11.1. The normalized spacial score (nSPS) is 18.4. The molecule has 0 radical (unpaired) electrons. The van der Waals surface area contributed by atoms with Crippen LogP contribution in [0.25, 0.3) is 0 Å². The lowest BCUT2D eigenvalue weighted by molar-refractivity contribution is -0.129. The molecule has 0 saturated heterocycles. The summed E-state index contributed by atoms with van der Waals surface area (Å²) in [4.78, 5) is 19.9. The molecule has 4 nitrogen and oxygen atoms in total. The average Bonchev–Trinajstić information content (AvgIpc) is 2.97. The lowest BCUT2D eigenvalue weighted by Crippen LogP contribution is -2.27. The van der Waals surface area contributed by atoms with Crippen LogP contribution < -0.4 is 4.72 Å². The number of hydrogen-bond acceptors (Lipinski definition) is 4. The maximum atomic E-state index is 13.5. The highest BCUT2D eigenvalue weighted by Crippen LogP contribution is 2.37. The van der Waals surface area contributed by atoms with Crippen molar-refractivity contribution in [3.05, 3.63) is 131 Å². The van der Waals surface area contributed by atoms with Gasteiger partial charge in [-0.2, -0.15) is 0 Å². The van der Waals surface area contributed by atoms with E-state index in [0.717, 1.165) is 36.2 Å². The van der Waals surface area contributed by atoms with Gasteiger partial charge in [0, 0.05) is 29.8 Å². The van der Waals surface area contributed by atoms with E-state index in [1.807, 2.05) is 60.5 Å². The molecule has 5 heteroatoms. The van der Waals surface area contributed by atoms with Crippen molar-refractivity contribution < 1.29 is 4.79 Å². The monoisotopic (exact) mass is 537 g/mol. The van der Waals surface area contributed by atoms with E-state index in [2.05, 4.69) is 72.1 Å². The molecule has 3 aromatic rings. The van der Waals surface area contributed by atoms with Gasteiger partial charge >= 0.3 is 0 Å². The Morgan fingerprint density at radius 2 is 1.85 bits per heavy atom. The molecular formula is C34H39N3OS. The molecule has 39 heavy (non-hydrogen) atoms. The number of nitrogens with zero attached hydrogens (tertiary/aromatic N) is 2. The van der Waals surface area contributed by atoms with Gasteiger partial charge in [0.1, 0.15) is 0 Å². The number of pyridine rings is 1. The van der Waals surface area contributed by atoms with E-state index in [1.54, 1.807) is 18.1 Å². The summed E-state index contributed by atoms with van der Waals surface area (Å²) < 4.78 is 3.52. The van der Waals surface area contributed by atoms with Gasteiger partial charge in [0.15, 0.2) is 0 Å². The highest BCUT2D eigenvalue weighted by atomic mass is 32.2. The van der Waals surface area contributed by atoms with Crippen molar-refractivity contribution in [3.63, 3.8) is 0 Å². The summed E-state index contributed by atoms with van der Waals surface area (Å²) in [5.74, 6) is 0.238. The third kappa shape index (κ3) is 8.21. The second kappa shape index (κ2) is 14.5. The van der Waals surface area contributed by atoms with Crippen molar-refractivity contribution in [2.24, 2.45) is 0 Å². The minimum atomic E-state index is 0.0986. The van der Waals surface area contributed by atoms with Gasteiger partial charge in [-0.25, -0.2) is 0 Å². The van der Waals surface area contributed by atoms with E-state index in [0.29, 0.717) is 18.2 Å². The van der Waals surface area contributed by atoms with Crippen molar-refractivity contribution in [3.8, 4) is 0 Å². The van der Waals surface area contributed by atoms with Crippen LogP contribution in [0.4, 0.5) is 5.69 Å². The van der Waals surface area contributed by atoms with Crippen LogP contribution in [0.3, 0.4) is 0 Å². The Balaban J connectivity index is 1.49. The first-order valence-electron chi connectivity index (χ1n) is 13.8. The van der Waals surface area contributed by atoms with Crippen molar-refractivity contribution >= 4 is 23.5 Å². The molecular weight excluding hydrogens is 498 g/mol. The number of allylic oxidation sites excluding steroid dienone is 4. The second-order valence-electron chi connectivity index (χ2n) is 10.0. The maximum Gasteiger partial charge on any atom is 0.227 e. The van der Waals surface area contributed by atoms with Crippen molar-refractivity contribution in [1.82, 2.24) is 9.88 Å². The molecule has 2 atom stereocenters. The van der Waals surface area contributed by atoms with Crippen LogP contribution in [-0.4, -0.2) is 21.0 Å². The van der Waals surface area contributed by atoms with Gasteiger partial charge in [-0.3, -0.25) is 9.78 Å². The zero-order chi connectivity index (χ0) is 27.5. The third-order valence-corrected chi connectivity index (χ3v) is 8.33. The molecule has 0 aliphatic heterocycles. The Labute approximate surface area is 238 Å². The fourth-order valence-electron chi connectivity index (χ4n) is 4.91. The molecule has 0 bridgehead atoms. The molecule has 1 aliphatic carbocycles. The molecule has 1 heterocycles. The summed E-state index contributed by atoms with van der Waals surface area (Å²) in [6.07, 6.45) is 14.0. The molecule has 1 amide bonds. The maximum absolute atomic E-state index is 13.5. The van der Waals surface area contributed by atoms with Crippen LogP contribution >= 0.6 is 11.9 Å². The van der Waals surface area contributed by atoms with Gasteiger partial charge in [-0.05, 0) is 97.5 Å². The van der Waals surface area contributed by atoms with Crippen molar-refractivity contribution in [1.29, 1.82) is 0 Å². The molecule has 1 aromatic heterocycles. The molecule has 1 fully saturated rings. The minimum Gasteiger partial charge on any atom is -0.329 e. The lowest BCUT2D eigenvalue weighted by atomic mass is 9.88. The first kappa shape index (κ1) is 28.4. The van der Waals surface area contributed by atoms with E-state index in [9.17, 15) is 4.79 Å². The van der Waals surface area contributed by atoms with Gasteiger partial charge in [0.25, 0.3) is 0 Å². The first-order chi connectivity index (χ1) is 19.0. The lowest BCUT2D eigenvalue weighted by Gasteiger charge is -2.27. The van der Waals surface area contributed by atoms with Crippen molar-refractivity contribution in [2.45, 2.75) is 64.2 Å². The fourth-order valence-corrected chi connectivity index (χ4v) is 6.03. The standard InChI is InChI=1S/C34H39N3OS/c1-4-31-29(17-11-21-33(31)39-36-30-19-9-6-10-20-30)18-13-23-37(25-32-26(2)14-12-22-35-32)34(38)24-27(3)28-15-7-5-8-16-28/h4-10,12-16,18-20,22-23,27,33,36H,11,17,21,24-25H2,1-3H3/b23-13+,29-18-,31-4+. The summed E-state index contributed by atoms with van der Waals surface area (Å²) in [5, 5.41) is 0.393. The van der Waals surface area contributed by atoms with Gasteiger partial charge in [0.05, 0.1) is 12.2 Å². The minimum absolute atomic E-state index is 0.0986. The molecule has 1 aliphatic rings. The number of hydrogen-bond donors (Lipinski definition) is 1. The summed E-state index contributed by atoms with van der Waals surface area (Å²) in [7, 11) is 0. The highest BCUT2D eigenvalue weighted by Gasteiger charge is 2.23. The van der Waals surface area contributed by atoms with E-state index >= 15 is 0 Å². The number of carbonyl (C=O) groups excluding carboxylic acids is 1. The molecule has 4 rings (SSSR count). The number of aryl methyl sites for hydroxylation is 1. The number of carbonyl (C=O) groups is 1. The number of amides is 1. The Morgan fingerprint density at radius 3 is 2.56 bits per heavy atom. The number of rotatable bonds is 10. The molecule has 2 unspecified atom stereocenters. The summed E-state index contributed by atoms with van der Waals surface area (Å²) in [6.45, 7) is 6.75. The Kier molecular flexibility index (Phi) is 10.6. The quantitative estimate of drug-likeness (QED) is 0.263. The molecule has 1 N–H and O–H groups in total. The molecule has 202 valence electrons. The molecule has 0 spiro atoms. The van der Waals surface area contributed by atoms with E-state index in [-0.39, 0.29) is 11.8 Å². The van der Waals surface area contributed by atoms with Gasteiger partial charge < -0.3 is 9.62 Å². The van der Waals surface area contributed by atoms with Crippen LogP contribution in [0.15, 0.2) is 115 Å². The molecule has 2 aromatic carbocycles. The van der Waals surface area contributed by atoms with E-state index < -0.39 is 0 Å². The van der Waals surface area contributed by atoms with Crippen LogP contribution in [0, 0.1) is 6.92 Å². The van der Waals surface area contributed by atoms with Crippen LogP contribution in [0.5, 0.6) is 0 Å². The van der Waals surface area contributed by atoms with Gasteiger partial charge in [-0.15, -0.1) is 0 Å². The first-order valence-corrected chi connectivity index (χ1v) is 14.7. The number of anilines is 1.